The fraction of sp³-hybridized carbons (Fsp3) is 0.0909. The van der Waals surface area contributed by atoms with Crippen LogP contribution in [0.15, 0.2) is 18.2 Å². The molecule has 1 N–H and O–H groups in total. The topological polar surface area (TPSA) is 54.4 Å². The van der Waals surface area contributed by atoms with Crippen molar-refractivity contribution >= 4 is 12.6 Å². The van der Waals surface area contributed by atoms with Crippen LogP contribution >= 0.6 is 0 Å². The Labute approximate surface area is 81.4 Å². The molecule has 1 aromatic carbocycles. The Morgan fingerprint density at radius 1 is 1.36 bits per heavy atom. The van der Waals surface area contributed by atoms with E-state index in [1.165, 1.54) is 12.1 Å². The molecule has 1 rings (SSSR count). The maximum atomic E-state index is 10.4. The molecule has 0 unspecified atom stereocenters. The summed E-state index contributed by atoms with van der Waals surface area (Å²) in [7, 11) is 0. The highest BCUT2D eigenvalue weighted by Gasteiger charge is 1.98. The molecule has 0 bridgehead atoms. The van der Waals surface area contributed by atoms with Gasteiger partial charge in [0, 0.05) is 5.56 Å². The summed E-state index contributed by atoms with van der Waals surface area (Å²) >= 11 is 0. The lowest BCUT2D eigenvalue weighted by atomic mass is 10.1. The Morgan fingerprint density at radius 3 is 2.71 bits per heavy atom. The number of hydrogen-bond acceptors (Lipinski definition) is 3. The summed E-state index contributed by atoms with van der Waals surface area (Å²) < 4.78 is 0. The summed E-state index contributed by atoms with van der Waals surface area (Å²) in [6.45, 7) is 0. The van der Waals surface area contributed by atoms with Crippen LogP contribution in [0.3, 0.4) is 0 Å². The zero-order chi connectivity index (χ0) is 10.4. The number of hydrogen-bond donors (Lipinski definition) is 1. The molecule has 0 aliphatic rings. The molecule has 0 spiro atoms. The summed E-state index contributed by atoms with van der Waals surface area (Å²) in [5.41, 5.74) is 0.806. The van der Waals surface area contributed by atoms with E-state index in [9.17, 15) is 14.7 Å². The largest absolute Gasteiger partial charge is 0.507 e. The molecule has 0 fully saturated rings. The number of phenols is 1. The predicted molar refractivity (Wildman–Crippen MR) is 51.1 cm³/mol. The van der Waals surface area contributed by atoms with Crippen molar-refractivity contribution in [1.29, 1.82) is 0 Å². The number of phenolic OH excluding ortho intramolecular Hbond substituents is 1. The van der Waals surface area contributed by atoms with Gasteiger partial charge in [-0.2, -0.15) is 0 Å². The van der Waals surface area contributed by atoms with Gasteiger partial charge < -0.3 is 9.90 Å². The van der Waals surface area contributed by atoms with Crippen molar-refractivity contribution < 1.29 is 14.7 Å². The second-order valence-electron chi connectivity index (χ2n) is 2.56. The van der Waals surface area contributed by atoms with Crippen molar-refractivity contribution in [3.05, 3.63) is 29.3 Å². The highest BCUT2D eigenvalue weighted by molar-refractivity contribution is 5.79. The van der Waals surface area contributed by atoms with Gasteiger partial charge in [0.05, 0.1) is 12.0 Å². The van der Waals surface area contributed by atoms with E-state index in [2.05, 4.69) is 11.8 Å². The Bertz CT molecular complexity index is 410. The lowest BCUT2D eigenvalue weighted by Crippen LogP contribution is -1.82. The second kappa shape index (κ2) is 4.83. The van der Waals surface area contributed by atoms with E-state index < -0.39 is 0 Å². The summed E-state index contributed by atoms with van der Waals surface area (Å²) in [4.78, 5) is 20.3. The van der Waals surface area contributed by atoms with E-state index >= 15 is 0 Å². The van der Waals surface area contributed by atoms with E-state index in [1.807, 2.05) is 0 Å². The van der Waals surface area contributed by atoms with E-state index in [1.54, 1.807) is 6.07 Å². The van der Waals surface area contributed by atoms with Crippen LogP contribution in [0, 0.1) is 11.8 Å². The van der Waals surface area contributed by atoms with Crippen LogP contribution in [0.2, 0.25) is 0 Å². The number of aldehydes is 2. The minimum Gasteiger partial charge on any atom is -0.507 e. The lowest BCUT2D eigenvalue weighted by Gasteiger charge is -1.96. The summed E-state index contributed by atoms with van der Waals surface area (Å²) in [6, 6.07) is 4.48. The summed E-state index contributed by atoms with van der Waals surface area (Å²) in [5.74, 6) is 5.18. The van der Waals surface area contributed by atoms with Crippen molar-refractivity contribution in [2.75, 3.05) is 0 Å². The zero-order valence-electron chi connectivity index (χ0n) is 7.36. The van der Waals surface area contributed by atoms with Gasteiger partial charge in [0.15, 0.2) is 6.29 Å². The monoisotopic (exact) mass is 188 g/mol. The third-order valence-electron chi connectivity index (χ3n) is 1.58. The number of carbonyl (C=O) groups excluding carboxylic acids is 2. The molecule has 0 aliphatic carbocycles. The fourth-order valence-electron chi connectivity index (χ4n) is 0.916. The van der Waals surface area contributed by atoms with E-state index in [0.29, 0.717) is 18.1 Å². The van der Waals surface area contributed by atoms with Crippen molar-refractivity contribution in [3.8, 4) is 17.6 Å². The molecule has 3 nitrogen and oxygen atoms in total. The third kappa shape index (κ3) is 2.46. The molecule has 0 aliphatic heterocycles. The first-order valence-electron chi connectivity index (χ1n) is 3.98. The molecule has 1 aromatic rings. The van der Waals surface area contributed by atoms with Crippen LogP contribution in [0.4, 0.5) is 0 Å². The van der Waals surface area contributed by atoms with Gasteiger partial charge in [-0.1, -0.05) is 11.8 Å². The van der Waals surface area contributed by atoms with Gasteiger partial charge >= 0.3 is 0 Å². The molecule has 14 heavy (non-hydrogen) atoms. The molecule has 0 saturated heterocycles. The minimum absolute atomic E-state index is 0.0992. The third-order valence-corrected chi connectivity index (χ3v) is 1.58. The minimum atomic E-state index is -0.0992. The Kier molecular flexibility index (Phi) is 3.45. The quantitative estimate of drug-likeness (QED) is 0.559. The molecule has 3 heteroatoms. The number of rotatable bonds is 2. The molecular weight excluding hydrogens is 180 g/mol. The zero-order valence-corrected chi connectivity index (χ0v) is 7.36. The molecule has 0 aromatic heterocycles. The Morgan fingerprint density at radius 2 is 2.14 bits per heavy atom. The van der Waals surface area contributed by atoms with Crippen molar-refractivity contribution in [2.24, 2.45) is 0 Å². The average molecular weight is 188 g/mol. The van der Waals surface area contributed by atoms with Gasteiger partial charge in [-0.05, 0) is 18.2 Å². The van der Waals surface area contributed by atoms with Crippen LogP contribution in [-0.4, -0.2) is 17.7 Å². The normalized spacial score (nSPS) is 8.57. The van der Waals surface area contributed by atoms with Crippen LogP contribution < -0.4 is 0 Å². The molecule has 0 atom stereocenters. The molecule has 70 valence electrons. The number of aromatic hydroxyl groups is 1. The van der Waals surface area contributed by atoms with Crippen molar-refractivity contribution in [1.82, 2.24) is 0 Å². The summed E-state index contributed by atoms with van der Waals surface area (Å²) in [6.07, 6.45) is 1.43. The number of benzene rings is 1. The van der Waals surface area contributed by atoms with Gasteiger partial charge in [0.2, 0.25) is 0 Å². The molecule has 0 saturated carbocycles. The van der Waals surface area contributed by atoms with Gasteiger partial charge in [-0.3, -0.25) is 4.79 Å². The standard InChI is InChI=1S/C11H8O3/c12-6-2-1-3-9-4-5-10(8-13)11(14)7-9/h4-8,14H,2H2. The summed E-state index contributed by atoms with van der Waals surface area (Å²) in [5, 5.41) is 9.28. The second-order valence-corrected chi connectivity index (χ2v) is 2.56. The predicted octanol–water partition coefficient (Wildman–Crippen LogP) is 1.15. The van der Waals surface area contributed by atoms with E-state index in [-0.39, 0.29) is 17.7 Å². The van der Waals surface area contributed by atoms with Crippen LogP contribution in [0.5, 0.6) is 5.75 Å². The SMILES string of the molecule is O=CCC#Cc1ccc(C=O)c(O)c1. The smallest absolute Gasteiger partial charge is 0.153 e. The highest BCUT2D eigenvalue weighted by Crippen LogP contribution is 2.15. The molecule has 0 amide bonds. The molecular formula is C11H8O3. The Hall–Kier alpha value is -2.08. The molecule has 0 heterocycles. The van der Waals surface area contributed by atoms with Crippen molar-refractivity contribution in [3.63, 3.8) is 0 Å². The van der Waals surface area contributed by atoms with Crippen LogP contribution in [0.25, 0.3) is 0 Å². The highest BCUT2D eigenvalue weighted by atomic mass is 16.3. The number of carbonyl (C=O) groups is 2. The van der Waals surface area contributed by atoms with Crippen LogP contribution in [0.1, 0.15) is 22.3 Å². The van der Waals surface area contributed by atoms with Gasteiger partial charge in [0.1, 0.15) is 12.0 Å². The van der Waals surface area contributed by atoms with Crippen molar-refractivity contribution in [2.45, 2.75) is 6.42 Å². The average Bonchev–Trinajstić information content (AvgIpc) is 2.18. The lowest BCUT2D eigenvalue weighted by molar-refractivity contribution is -0.107. The maximum absolute atomic E-state index is 10.4. The van der Waals surface area contributed by atoms with E-state index in [0.717, 1.165) is 0 Å². The Balaban J connectivity index is 2.93. The maximum Gasteiger partial charge on any atom is 0.153 e. The van der Waals surface area contributed by atoms with Gasteiger partial charge in [-0.25, -0.2) is 0 Å². The molecule has 0 radical (unpaired) electrons. The first-order valence-corrected chi connectivity index (χ1v) is 3.98. The van der Waals surface area contributed by atoms with Crippen LogP contribution in [-0.2, 0) is 4.79 Å². The van der Waals surface area contributed by atoms with Gasteiger partial charge in [0.25, 0.3) is 0 Å². The van der Waals surface area contributed by atoms with E-state index in [4.69, 9.17) is 0 Å². The first-order chi connectivity index (χ1) is 6.77. The first kappa shape index (κ1) is 10.0. The van der Waals surface area contributed by atoms with Gasteiger partial charge in [-0.15, -0.1) is 0 Å². The fourth-order valence-corrected chi connectivity index (χ4v) is 0.916.